The number of hydrogen-bond acceptors (Lipinski definition) is 6. The molecule has 0 amide bonds. The van der Waals surface area contributed by atoms with Crippen molar-refractivity contribution in [1.29, 1.82) is 0 Å². The molecule has 1 saturated heterocycles. The molecule has 2 rings (SSSR count). The molecule has 0 saturated carbocycles. The lowest BCUT2D eigenvalue weighted by molar-refractivity contribution is -0.385. The molecule has 1 aromatic heterocycles. The number of nitrogens with two attached hydrogens (primary N) is 1. The van der Waals surface area contributed by atoms with Gasteiger partial charge in [0.2, 0.25) is 0 Å². The monoisotopic (exact) mass is 279 g/mol. The third-order valence-electron chi connectivity index (χ3n) is 3.53. The van der Waals surface area contributed by atoms with Crippen LogP contribution in [0.2, 0.25) is 0 Å². The molecule has 2 heterocycles. The predicted molar refractivity (Wildman–Crippen MR) is 74.0 cm³/mol. The van der Waals surface area contributed by atoms with E-state index in [-0.39, 0.29) is 17.1 Å². The van der Waals surface area contributed by atoms with Crippen molar-refractivity contribution in [3.05, 3.63) is 27.9 Å². The predicted octanol–water partition coefficient (Wildman–Crippen LogP) is 1.32. The van der Waals surface area contributed by atoms with Crippen LogP contribution in [0.4, 0.5) is 11.5 Å². The van der Waals surface area contributed by atoms with Crippen LogP contribution in [-0.2, 0) is 0 Å². The molecule has 1 fully saturated rings. The third-order valence-corrected chi connectivity index (χ3v) is 3.53. The molecule has 0 radical (unpaired) electrons. The van der Waals surface area contributed by atoms with Gasteiger partial charge >= 0.3 is 0 Å². The summed E-state index contributed by atoms with van der Waals surface area (Å²) in [6, 6.07) is 1.29. The van der Waals surface area contributed by atoms with Gasteiger partial charge in [-0.3, -0.25) is 10.1 Å². The zero-order valence-electron chi connectivity index (χ0n) is 11.2. The van der Waals surface area contributed by atoms with Gasteiger partial charge in [-0.2, -0.15) is 0 Å². The first-order valence-corrected chi connectivity index (χ1v) is 6.40. The lowest BCUT2D eigenvalue weighted by atomic mass is 9.99. The number of rotatable bonds is 3. The van der Waals surface area contributed by atoms with Gasteiger partial charge in [0.25, 0.3) is 5.69 Å². The number of amidine groups is 1. The molecule has 0 bridgehead atoms. The minimum absolute atomic E-state index is 0.171. The molecule has 0 aromatic carbocycles. The number of aromatic nitrogens is 1. The van der Waals surface area contributed by atoms with Crippen molar-refractivity contribution < 1.29 is 10.1 Å². The maximum Gasteiger partial charge on any atom is 0.288 e. The van der Waals surface area contributed by atoms with Crippen LogP contribution in [0.15, 0.2) is 17.4 Å². The molecule has 0 unspecified atom stereocenters. The molecule has 8 heteroatoms. The van der Waals surface area contributed by atoms with Crippen LogP contribution in [0.3, 0.4) is 0 Å². The zero-order chi connectivity index (χ0) is 14.7. The fraction of sp³-hybridized carbons (Fsp3) is 0.500. The second-order valence-electron chi connectivity index (χ2n) is 4.98. The highest BCUT2D eigenvalue weighted by Crippen LogP contribution is 2.26. The van der Waals surface area contributed by atoms with Crippen molar-refractivity contribution in [2.24, 2.45) is 16.8 Å². The van der Waals surface area contributed by atoms with Crippen molar-refractivity contribution in [3.63, 3.8) is 0 Å². The first-order valence-electron chi connectivity index (χ1n) is 6.40. The van der Waals surface area contributed by atoms with E-state index in [2.05, 4.69) is 17.1 Å². The maximum absolute atomic E-state index is 10.8. The minimum atomic E-state index is -0.552. The van der Waals surface area contributed by atoms with Gasteiger partial charge in [-0.25, -0.2) is 4.98 Å². The number of pyridine rings is 1. The molecule has 1 aliphatic heterocycles. The smallest absolute Gasteiger partial charge is 0.288 e. The van der Waals surface area contributed by atoms with Crippen molar-refractivity contribution in [1.82, 2.24) is 4.98 Å². The fourth-order valence-corrected chi connectivity index (χ4v) is 2.26. The highest BCUT2D eigenvalue weighted by Gasteiger charge is 2.23. The van der Waals surface area contributed by atoms with Gasteiger partial charge in [-0.15, -0.1) is 0 Å². The summed E-state index contributed by atoms with van der Waals surface area (Å²) in [7, 11) is 0. The molecular formula is C12H17N5O3. The van der Waals surface area contributed by atoms with Crippen molar-refractivity contribution in [3.8, 4) is 0 Å². The molecule has 1 aliphatic rings. The van der Waals surface area contributed by atoms with Crippen LogP contribution in [0.25, 0.3) is 0 Å². The Morgan fingerprint density at radius 1 is 1.60 bits per heavy atom. The number of piperidine rings is 1. The average molecular weight is 279 g/mol. The van der Waals surface area contributed by atoms with Gasteiger partial charge < -0.3 is 15.8 Å². The van der Waals surface area contributed by atoms with E-state index in [1.54, 1.807) is 0 Å². The lowest BCUT2D eigenvalue weighted by Gasteiger charge is -2.32. The highest BCUT2D eigenvalue weighted by molar-refractivity contribution is 6.01. The summed E-state index contributed by atoms with van der Waals surface area (Å²) in [6.45, 7) is 3.79. The Hall–Kier alpha value is -2.38. The quantitative estimate of drug-likeness (QED) is 0.283. The Morgan fingerprint density at radius 2 is 2.25 bits per heavy atom. The number of hydrogen-bond donors (Lipinski definition) is 2. The third kappa shape index (κ3) is 2.79. The van der Waals surface area contributed by atoms with Gasteiger partial charge in [0, 0.05) is 19.2 Å². The van der Waals surface area contributed by atoms with E-state index in [0.717, 1.165) is 25.9 Å². The summed E-state index contributed by atoms with van der Waals surface area (Å²) in [4.78, 5) is 16.4. The summed E-state index contributed by atoms with van der Waals surface area (Å²) in [5.41, 5.74) is 5.72. The van der Waals surface area contributed by atoms with Crippen LogP contribution < -0.4 is 10.6 Å². The number of anilines is 1. The normalized spacial score (nSPS) is 17.2. The van der Waals surface area contributed by atoms with Crippen molar-refractivity contribution in [2.75, 3.05) is 18.0 Å². The molecule has 108 valence electrons. The number of nitrogens with zero attached hydrogens (tertiary/aromatic N) is 4. The van der Waals surface area contributed by atoms with Crippen LogP contribution in [0.1, 0.15) is 25.3 Å². The number of nitro groups is 1. The summed E-state index contributed by atoms with van der Waals surface area (Å²) in [5.74, 6) is 1.00. The largest absolute Gasteiger partial charge is 0.409 e. The zero-order valence-corrected chi connectivity index (χ0v) is 11.2. The second-order valence-corrected chi connectivity index (χ2v) is 4.98. The Balaban J connectivity index is 2.39. The molecule has 0 aliphatic carbocycles. The van der Waals surface area contributed by atoms with Crippen molar-refractivity contribution in [2.45, 2.75) is 19.8 Å². The summed E-state index contributed by atoms with van der Waals surface area (Å²) >= 11 is 0. The maximum atomic E-state index is 10.8. The number of oxime groups is 1. The average Bonchev–Trinajstić information content (AvgIpc) is 2.46. The molecular weight excluding hydrogens is 262 g/mol. The fourth-order valence-electron chi connectivity index (χ4n) is 2.26. The van der Waals surface area contributed by atoms with E-state index in [1.807, 2.05) is 4.90 Å². The lowest BCUT2D eigenvalue weighted by Crippen LogP contribution is -2.35. The van der Waals surface area contributed by atoms with Gasteiger partial charge in [-0.05, 0) is 18.8 Å². The Kier molecular flexibility index (Phi) is 4.02. The molecule has 0 atom stereocenters. The first-order chi connectivity index (χ1) is 9.52. The summed E-state index contributed by atoms with van der Waals surface area (Å²) in [5, 5.41) is 22.6. The summed E-state index contributed by atoms with van der Waals surface area (Å²) < 4.78 is 0. The van der Waals surface area contributed by atoms with Gasteiger partial charge in [0.1, 0.15) is 12.0 Å². The second kappa shape index (κ2) is 5.72. The minimum Gasteiger partial charge on any atom is -0.409 e. The van der Waals surface area contributed by atoms with Crippen LogP contribution in [0.5, 0.6) is 0 Å². The topological polar surface area (TPSA) is 118 Å². The van der Waals surface area contributed by atoms with Gasteiger partial charge in [-0.1, -0.05) is 12.1 Å². The van der Waals surface area contributed by atoms with Crippen LogP contribution >= 0.6 is 0 Å². The first kappa shape index (κ1) is 14.0. The highest BCUT2D eigenvalue weighted by atomic mass is 16.6. The molecule has 1 aromatic rings. The molecule has 8 nitrogen and oxygen atoms in total. The van der Waals surface area contributed by atoms with E-state index in [9.17, 15) is 10.1 Å². The molecule has 3 N–H and O–H groups in total. The van der Waals surface area contributed by atoms with E-state index in [4.69, 9.17) is 10.9 Å². The van der Waals surface area contributed by atoms with Crippen LogP contribution in [-0.4, -0.2) is 34.0 Å². The molecule has 20 heavy (non-hydrogen) atoms. The Morgan fingerprint density at radius 3 is 2.80 bits per heavy atom. The SMILES string of the molecule is CC1CCN(c2ncc([N+](=O)[O-])cc2C(N)=NO)CC1. The van der Waals surface area contributed by atoms with E-state index in [0.29, 0.717) is 11.7 Å². The van der Waals surface area contributed by atoms with Crippen molar-refractivity contribution >= 4 is 17.3 Å². The molecule has 0 spiro atoms. The standard InChI is InChI=1S/C12H17N5O3/c1-8-2-4-16(5-3-8)12-10(11(13)15-18)6-9(7-14-12)17(19)20/h6-8,18H,2-5H2,1H3,(H2,13,15). The Bertz CT molecular complexity index is 538. The Labute approximate surface area is 116 Å². The summed E-state index contributed by atoms with van der Waals surface area (Å²) in [6.07, 6.45) is 3.24. The van der Waals surface area contributed by atoms with Gasteiger partial charge in [0.05, 0.1) is 10.5 Å². The van der Waals surface area contributed by atoms with E-state index >= 15 is 0 Å². The van der Waals surface area contributed by atoms with E-state index in [1.165, 1.54) is 12.3 Å². The van der Waals surface area contributed by atoms with Crippen LogP contribution in [0, 0.1) is 16.0 Å². The van der Waals surface area contributed by atoms with Gasteiger partial charge in [0.15, 0.2) is 5.84 Å². The van der Waals surface area contributed by atoms with E-state index < -0.39 is 4.92 Å².